The van der Waals surface area contributed by atoms with Gasteiger partial charge >= 0.3 is 0 Å². The van der Waals surface area contributed by atoms with Crippen molar-refractivity contribution in [3.05, 3.63) is 59.9 Å². The van der Waals surface area contributed by atoms with Gasteiger partial charge in [0.15, 0.2) is 0 Å². The molecule has 2 aromatic rings. The minimum atomic E-state index is -0.149. The van der Waals surface area contributed by atoms with Crippen molar-refractivity contribution in [3.8, 4) is 0 Å². The number of pyridine rings is 1. The van der Waals surface area contributed by atoms with Gasteiger partial charge < -0.3 is 5.32 Å². The van der Waals surface area contributed by atoms with E-state index in [2.05, 4.69) is 26.2 Å². The summed E-state index contributed by atoms with van der Waals surface area (Å²) in [6, 6.07) is 11.2. The van der Waals surface area contributed by atoms with Crippen molar-refractivity contribution >= 4 is 27.5 Å². The Morgan fingerprint density at radius 2 is 2.06 bits per heavy atom. The van der Waals surface area contributed by atoms with E-state index in [1.54, 1.807) is 24.5 Å². The molecule has 0 aliphatic rings. The van der Waals surface area contributed by atoms with Crippen molar-refractivity contribution in [1.29, 1.82) is 0 Å². The molecule has 0 bridgehead atoms. The molecule has 1 amide bonds. The number of nitrogens with one attached hydrogen (secondary N) is 1. The lowest BCUT2D eigenvalue weighted by atomic mass is 10.1. The summed E-state index contributed by atoms with van der Waals surface area (Å²) in [5, 5.41) is 2.90. The Hall–Kier alpha value is -1.68. The van der Waals surface area contributed by atoms with Gasteiger partial charge in [0.1, 0.15) is 0 Å². The third kappa shape index (κ3) is 2.96. The third-order valence-corrected chi connectivity index (χ3v) is 3.05. The predicted molar refractivity (Wildman–Crippen MR) is 76.0 cm³/mol. The summed E-state index contributed by atoms with van der Waals surface area (Å²) in [5.74, 6) is -0.149. The van der Waals surface area contributed by atoms with Crippen LogP contribution in [-0.2, 0) is 0 Å². The number of hydrogen-bond donors (Lipinski definition) is 1. The van der Waals surface area contributed by atoms with E-state index < -0.39 is 0 Å². The number of halogens is 1. The Balaban J connectivity index is 2.22. The van der Waals surface area contributed by atoms with Crippen molar-refractivity contribution in [3.63, 3.8) is 0 Å². The molecular weight excluding hydrogens is 292 g/mol. The molecule has 0 aliphatic carbocycles. The standard InChI is InChI=1S/C14H13BrN2O/c1-10(15)12-6-2-3-7-13(12)17-14(18)11-5-4-8-16-9-11/h2-10H,1H3,(H,17,18). The largest absolute Gasteiger partial charge is 0.322 e. The highest BCUT2D eigenvalue weighted by atomic mass is 79.9. The van der Waals surface area contributed by atoms with Crippen LogP contribution in [0.3, 0.4) is 0 Å². The van der Waals surface area contributed by atoms with Crippen LogP contribution in [0.1, 0.15) is 27.7 Å². The number of hydrogen-bond acceptors (Lipinski definition) is 2. The van der Waals surface area contributed by atoms with Crippen molar-refractivity contribution in [2.45, 2.75) is 11.8 Å². The maximum Gasteiger partial charge on any atom is 0.257 e. The van der Waals surface area contributed by atoms with Crippen LogP contribution < -0.4 is 5.32 Å². The highest BCUT2D eigenvalue weighted by Gasteiger charge is 2.11. The van der Waals surface area contributed by atoms with Crippen LogP contribution in [0.2, 0.25) is 0 Å². The average Bonchev–Trinajstić information content (AvgIpc) is 2.40. The summed E-state index contributed by atoms with van der Waals surface area (Å²) in [7, 11) is 0. The van der Waals surface area contributed by atoms with Crippen molar-refractivity contribution in [1.82, 2.24) is 4.98 Å². The highest BCUT2D eigenvalue weighted by molar-refractivity contribution is 9.09. The fourth-order valence-electron chi connectivity index (χ4n) is 1.65. The van der Waals surface area contributed by atoms with Crippen LogP contribution in [-0.4, -0.2) is 10.9 Å². The molecule has 0 spiro atoms. The van der Waals surface area contributed by atoms with Crippen LogP contribution >= 0.6 is 15.9 Å². The minimum absolute atomic E-state index is 0.149. The topological polar surface area (TPSA) is 42.0 Å². The van der Waals surface area contributed by atoms with Crippen molar-refractivity contribution in [2.75, 3.05) is 5.32 Å². The lowest BCUT2D eigenvalue weighted by Crippen LogP contribution is -2.13. The van der Waals surface area contributed by atoms with E-state index >= 15 is 0 Å². The van der Waals surface area contributed by atoms with Crippen molar-refractivity contribution < 1.29 is 4.79 Å². The molecule has 1 N–H and O–H groups in total. The SMILES string of the molecule is CC(Br)c1ccccc1NC(=O)c1cccnc1. The molecule has 0 fully saturated rings. The van der Waals surface area contributed by atoms with Gasteiger partial charge in [0.05, 0.1) is 5.56 Å². The molecule has 1 aromatic heterocycles. The van der Waals surface area contributed by atoms with E-state index in [1.165, 1.54) is 0 Å². The van der Waals surface area contributed by atoms with E-state index in [4.69, 9.17) is 0 Å². The zero-order valence-corrected chi connectivity index (χ0v) is 11.5. The lowest BCUT2D eigenvalue weighted by molar-refractivity contribution is 0.102. The first-order valence-electron chi connectivity index (χ1n) is 5.63. The van der Waals surface area contributed by atoms with Gasteiger partial charge in [-0.15, -0.1) is 0 Å². The molecular formula is C14H13BrN2O. The molecule has 1 heterocycles. The molecule has 1 atom stereocenters. The van der Waals surface area contributed by atoms with E-state index in [0.717, 1.165) is 11.3 Å². The Morgan fingerprint density at radius 1 is 1.28 bits per heavy atom. The Kier molecular flexibility index (Phi) is 4.10. The first kappa shape index (κ1) is 12.8. The zero-order valence-electron chi connectivity index (χ0n) is 9.93. The number of benzene rings is 1. The minimum Gasteiger partial charge on any atom is -0.322 e. The maximum atomic E-state index is 12.0. The number of anilines is 1. The zero-order chi connectivity index (χ0) is 13.0. The Labute approximate surface area is 114 Å². The smallest absolute Gasteiger partial charge is 0.257 e. The summed E-state index contributed by atoms with van der Waals surface area (Å²) in [5.41, 5.74) is 2.42. The van der Waals surface area contributed by atoms with Gasteiger partial charge in [-0.05, 0) is 30.7 Å². The fourth-order valence-corrected chi connectivity index (χ4v) is 2.05. The van der Waals surface area contributed by atoms with E-state index in [-0.39, 0.29) is 10.7 Å². The summed E-state index contributed by atoms with van der Waals surface area (Å²) in [6.07, 6.45) is 3.20. The molecule has 2 rings (SSSR count). The number of aromatic nitrogens is 1. The number of nitrogens with zero attached hydrogens (tertiary/aromatic N) is 1. The number of para-hydroxylation sites is 1. The van der Waals surface area contributed by atoms with Gasteiger partial charge in [-0.1, -0.05) is 34.1 Å². The van der Waals surface area contributed by atoms with Gasteiger partial charge in [0.2, 0.25) is 0 Å². The summed E-state index contributed by atoms with van der Waals surface area (Å²) in [6.45, 7) is 2.02. The number of alkyl halides is 1. The summed E-state index contributed by atoms with van der Waals surface area (Å²) in [4.78, 5) is 16.1. The lowest BCUT2D eigenvalue weighted by Gasteiger charge is -2.12. The molecule has 4 heteroatoms. The van der Waals surface area contributed by atoms with E-state index in [1.807, 2.05) is 31.2 Å². The first-order valence-corrected chi connectivity index (χ1v) is 6.54. The second-order valence-corrected chi connectivity index (χ2v) is 5.27. The number of rotatable bonds is 3. The number of carbonyl (C=O) groups excluding carboxylic acids is 1. The Bertz CT molecular complexity index is 541. The Morgan fingerprint density at radius 3 is 2.72 bits per heavy atom. The second kappa shape index (κ2) is 5.78. The van der Waals surface area contributed by atoms with Gasteiger partial charge in [-0.3, -0.25) is 9.78 Å². The van der Waals surface area contributed by atoms with Crippen LogP contribution in [0, 0.1) is 0 Å². The maximum absolute atomic E-state index is 12.0. The average molecular weight is 305 g/mol. The van der Waals surface area contributed by atoms with E-state index in [9.17, 15) is 4.79 Å². The third-order valence-electron chi connectivity index (χ3n) is 2.56. The normalized spacial score (nSPS) is 11.9. The van der Waals surface area contributed by atoms with Gasteiger partial charge in [-0.25, -0.2) is 0 Å². The van der Waals surface area contributed by atoms with E-state index in [0.29, 0.717) is 5.56 Å². The first-order chi connectivity index (χ1) is 8.68. The molecule has 18 heavy (non-hydrogen) atoms. The quantitative estimate of drug-likeness (QED) is 0.877. The molecule has 0 saturated carbocycles. The number of amides is 1. The number of carbonyl (C=O) groups is 1. The summed E-state index contributed by atoms with van der Waals surface area (Å²) >= 11 is 3.52. The summed E-state index contributed by atoms with van der Waals surface area (Å²) < 4.78 is 0. The van der Waals surface area contributed by atoms with Crippen molar-refractivity contribution in [2.24, 2.45) is 0 Å². The van der Waals surface area contributed by atoms with Crippen LogP contribution in [0.5, 0.6) is 0 Å². The molecule has 0 saturated heterocycles. The van der Waals surface area contributed by atoms with Crippen LogP contribution in [0.4, 0.5) is 5.69 Å². The molecule has 1 aromatic carbocycles. The highest BCUT2D eigenvalue weighted by Crippen LogP contribution is 2.28. The van der Waals surface area contributed by atoms with Gasteiger partial charge in [0, 0.05) is 22.9 Å². The van der Waals surface area contributed by atoms with Gasteiger partial charge in [-0.2, -0.15) is 0 Å². The molecule has 1 unspecified atom stereocenters. The monoisotopic (exact) mass is 304 g/mol. The van der Waals surface area contributed by atoms with Crippen LogP contribution in [0.15, 0.2) is 48.8 Å². The molecule has 0 aliphatic heterocycles. The molecule has 92 valence electrons. The van der Waals surface area contributed by atoms with Crippen LogP contribution in [0.25, 0.3) is 0 Å². The predicted octanol–water partition coefficient (Wildman–Crippen LogP) is 3.79. The van der Waals surface area contributed by atoms with Gasteiger partial charge in [0.25, 0.3) is 5.91 Å². The fraction of sp³-hybridized carbons (Fsp3) is 0.143. The second-order valence-electron chi connectivity index (χ2n) is 3.90. The molecule has 0 radical (unpaired) electrons. The molecule has 3 nitrogen and oxygen atoms in total.